The second-order valence-corrected chi connectivity index (χ2v) is 5.15. The van der Waals surface area contributed by atoms with Crippen LogP contribution in [-0.4, -0.2) is 0 Å². The zero-order valence-corrected chi connectivity index (χ0v) is 12.5. The molecule has 2 aromatic rings. The van der Waals surface area contributed by atoms with E-state index < -0.39 is 23.5 Å². The first-order valence-corrected chi connectivity index (χ1v) is 7.19. The van der Waals surface area contributed by atoms with Gasteiger partial charge in [-0.2, -0.15) is 26.3 Å². The van der Waals surface area contributed by atoms with E-state index in [1.54, 1.807) is 0 Å². The lowest BCUT2D eigenvalue weighted by Crippen LogP contribution is -2.08. The lowest BCUT2D eigenvalue weighted by Gasteiger charge is -2.15. The van der Waals surface area contributed by atoms with E-state index in [1.165, 1.54) is 12.1 Å². The van der Waals surface area contributed by atoms with Crippen molar-refractivity contribution in [1.29, 1.82) is 0 Å². The number of rotatable bonds is 2. The summed E-state index contributed by atoms with van der Waals surface area (Å²) in [7, 11) is 0. The standard InChI is InChI=1S/C15H9BrF6/c16-8-9-1-6-12(13(7-9)15(20,21)22)10-2-4-11(5-3-10)14(17,18)19/h1-7H,8H2. The smallest absolute Gasteiger partial charge is 0.166 e. The summed E-state index contributed by atoms with van der Waals surface area (Å²) < 4.78 is 76.9. The minimum Gasteiger partial charge on any atom is -0.166 e. The predicted octanol–water partition coefficient (Wildman–Crippen LogP) is 6.29. The zero-order chi connectivity index (χ0) is 16.5. The molecular weight excluding hydrogens is 374 g/mol. The summed E-state index contributed by atoms with van der Waals surface area (Å²) in [5.74, 6) is 0. The zero-order valence-electron chi connectivity index (χ0n) is 10.9. The van der Waals surface area contributed by atoms with E-state index in [-0.39, 0.29) is 16.5 Å². The average molecular weight is 383 g/mol. The number of halogens is 7. The van der Waals surface area contributed by atoms with Gasteiger partial charge in [-0.3, -0.25) is 0 Å². The fourth-order valence-electron chi connectivity index (χ4n) is 2.00. The van der Waals surface area contributed by atoms with Crippen molar-refractivity contribution >= 4 is 15.9 Å². The van der Waals surface area contributed by atoms with Gasteiger partial charge in [0.2, 0.25) is 0 Å². The van der Waals surface area contributed by atoms with Crippen molar-refractivity contribution in [2.75, 3.05) is 0 Å². The normalized spacial score (nSPS) is 12.5. The van der Waals surface area contributed by atoms with E-state index >= 15 is 0 Å². The summed E-state index contributed by atoms with van der Waals surface area (Å²) in [5, 5.41) is 0.253. The Hall–Kier alpha value is -1.50. The summed E-state index contributed by atoms with van der Waals surface area (Å²) in [6.45, 7) is 0. The predicted molar refractivity (Wildman–Crippen MR) is 74.5 cm³/mol. The number of alkyl halides is 7. The van der Waals surface area contributed by atoms with Crippen LogP contribution >= 0.6 is 15.9 Å². The van der Waals surface area contributed by atoms with Crippen LogP contribution in [0.1, 0.15) is 16.7 Å². The van der Waals surface area contributed by atoms with Crippen LogP contribution in [0.4, 0.5) is 26.3 Å². The summed E-state index contributed by atoms with van der Waals surface area (Å²) in [6, 6.07) is 7.38. The van der Waals surface area contributed by atoms with E-state index in [1.807, 2.05) is 0 Å². The van der Waals surface area contributed by atoms with Crippen LogP contribution in [0.5, 0.6) is 0 Å². The maximum Gasteiger partial charge on any atom is 0.417 e. The molecule has 0 aliphatic carbocycles. The van der Waals surface area contributed by atoms with E-state index in [9.17, 15) is 26.3 Å². The second kappa shape index (κ2) is 5.95. The number of hydrogen-bond donors (Lipinski definition) is 0. The molecule has 0 aliphatic rings. The van der Waals surface area contributed by atoms with Gasteiger partial charge in [-0.1, -0.05) is 40.2 Å². The SMILES string of the molecule is FC(F)(F)c1ccc(-c2ccc(CBr)cc2C(F)(F)F)cc1. The minimum atomic E-state index is -4.59. The highest BCUT2D eigenvalue weighted by Gasteiger charge is 2.34. The van der Waals surface area contributed by atoms with Crippen molar-refractivity contribution in [2.24, 2.45) is 0 Å². The van der Waals surface area contributed by atoms with Gasteiger partial charge in [0.1, 0.15) is 0 Å². The molecule has 0 aromatic heterocycles. The molecular formula is C15H9BrF6. The van der Waals surface area contributed by atoms with Crippen molar-refractivity contribution in [3.8, 4) is 11.1 Å². The second-order valence-electron chi connectivity index (χ2n) is 4.59. The highest BCUT2D eigenvalue weighted by Crippen LogP contribution is 2.39. The van der Waals surface area contributed by atoms with Crippen LogP contribution in [-0.2, 0) is 17.7 Å². The van der Waals surface area contributed by atoms with E-state index in [0.717, 1.165) is 30.3 Å². The number of hydrogen-bond acceptors (Lipinski definition) is 0. The summed E-state index contributed by atoms with van der Waals surface area (Å²) in [4.78, 5) is 0. The summed E-state index contributed by atoms with van der Waals surface area (Å²) in [5.41, 5.74) is -1.40. The van der Waals surface area contributed by atoms with Crippen LogP contribution in [0, 0.1) is 0 Å². The maximum atomic E-state index is 13.1. The maximum absolute atomic E-state index is 13.1. The molecule has 0 aliphatic heterocycles. The van der Waals surface area contributed by atoms with Crippen molar-refractivity contribution in [1.82, 2.24) is 0 Å². The molecule has 2 aromatic carbocycles. The quantitative estimate of drug-likeness (QED) is 0.423. The molecule has 2 rings (SSSR count). The molecule has 0 radical (unpaired) electrons. The molecule has 22 heavy (non-hydrogen) atoms. The fourth-order valence-corrected chi connectivity index (χ4v) is 2.35. The van der Waals surface area contributed by atoms with Crippen LogP contribution in [0.25, 0.3) is 11.1 Å². The molecule has 0 fully saturated rings. The Balaban J connectivity index is 2.53. The van der Waals surface area contributed by atoms with Gasteiger partial charge in [0.15, 0.2) is 0 Å². The van der Waals surface area contributed by atoms with Gasteiger partial charge in [-0.15, -0.1) is 0 Å². The van der Waals surface area contributed by atoms with Gasteiger partial charge in [0, 0.05) is 5.33 Å². The largest absolute Gasteiger partial charge is 0.417 e. The van der Waals surface area contributed by atoms with Crippen molar-refractivity contribution in [3.05, 3.63) is 59.2 Å². The third-order valence-electron chi connectivity index (χ3n) is 3.07. The van der Waals surface area contributed by atoms with Gasteiger partial charge < -0.3 is 0 Å². The third-order valence-corrected chi connectivity index (χ3v) is 3.71. The van der Waals surface area contributed by atoms with Gasteiger partial charge in [0.05, 0.1) is 11.1 Å². The first-order valence-electron chi connectivity index (χ1n) is 6.06. The first-order chi connectivity index (χ1) is 10.1. The monoisotopic (exact) mass is 382 g/mol. The Bertz CT molecular complexity index is 655. The molecule has 0 unspecified atom stereocenters. The van der Waals surface area contributed by atoms with Crippen molar-refractivity contribution in [3.63, 3.8) is 0 Å². The summed E-state index contributed by atoms with van der Waals surface area (Å²) in [6.07, 6.45) is -9.11. The van der Waals surface area contributed by atoms with Gasteiger partial charge in [0.25, 0.3) is 0 Å². The van der Waals surface area contributed by atoms with Crippen LogP contribution in [0.15, 0.2) is 42.5 Å². The fraction of sp³-hybridized carbons (Fsp3) is 0.200. The van der Waals surface area contributed by atoms with E-state index in [4.69, 9.17) is 0 Å². The molecule has 0 spiro atoms. The Morgan fingerprint density at radius 1 is 0.773 bits per heavy atom. The third kappa shape index (κ3) is 3.63. The van der Waals surface area contributed by atoms with E-state index in [2.05, 4.69) is 15.9 Å². The van der Waals surface area contributed by atoms with E-state index in [0.29, 0.717) is 5.56 Å². The molecule has 0 saturated carbocycles. The molecule has 0 saturated heterocycles. The minimum absolute atomic E-state index is 0.0847. The van der Waals surface area contributed by atoms with Crippen LogP contribution in [0.3, 0.4) is 0 Å². The Morgan fingerprint density at radius 2 is 1.36 bits per heavy atom. The Labute approximate surface area is 130 Å². The first kappa shape index (κ1) is 16.9. The summed E-state index contributed by atoms with van der Waals surface area (Å²) >= 11 is 3.08. The molecule has 0 nitrogen and oxygen atoms in total. The van der Waals surface area contributed by atoms with Crippen LogP contribution in [0.2, 0.25) is 0 Å². The molecule has 7 heteroatoms. The topological polar surface area (TPSA) is 0 Å². The van der Waals surface area contributed by atoms with Gasteiger partial charge in [-0.25, -0.2) is 0 Å². The molecule has 0 N–H and O–H groups in total. The average Bonchev–Trinajstić information content (AvgIpc) is 2.45. The molecule has 0 bridgehead atoms. The van der Waals surface area contributed by atoms with Crippen LogP contribution < -0.4 is 0 Å². The molecule has 0 heterocycles. The lowest BCUT2D eigenvalue weighted by molar-refractivity contribution is -0.138. The Kier molecular flexibility index (Phi) is 4.56. The lowest BCUT2D eigenvalue weighted by atomic mass is 9.96. The highest BCUT2D eigenvalue weighted by molar-refractivity contribution is 9.08. The van der Waals surface area contributed by atoms with Gasteiger partial charge in [-0.05, 0) is 34.9 Å². The highest BCUT2D eigenvalue weighted by atomic mass is 79.9. The molecule has 0 atom stereocenters. The molecule has 118 valence electrons. The van der Waals surface area contributed by atoms with Crippen molar-refractivity contribution < 1.29 is 26.3 Å². The number of benzene rings is 2. The van der Waals surface area contributed by atoms with Gasteiger partial charge >= 0.3 is 12.4 Å². The molecule has 0 amide bonds. The Morgan fingerprint density at radius 3 is 1.82 bits per heavy atom. The van der Waals surface area contributed by atoms with Crippen molar-refractivity contribution in [2.45, 2.75) is 17.7 Å².